The van der Waals surface area contributed by atoms with Crippen LogP contribution in [0.15, 0.2) is 34.9 Å². The number of amides is 3. The molecule has 1 atom stereocenters. The van der Waals surface area contributed by atoms with E-state index < -0.39 is 5.92 Å². The zero-order chi connectivity index (χ0) is 18.0. The lowest BCUT2D eigenvalue weighted by Gasteiger charge is -2.17. The molecule has 8 heteroatoms. The van der Waals surface area contributed by atoms with Crippen molar-refractivity contribution in [2.45, 2.75) is 20.3 Å². The maximum absolute atomic E-state index is 12.3. The van der Waals surface area contributed by atoms with E-state index in [-0.39, 0.29) is 30.7 Å². The second kappa shape index (κ2) is 6.76. The van der Waals surface area contributed by atoms with Crippen molar-refractivity contribution in [3.8, 4) is 0 Å². The Kier molecular flexibility index (Phi) is 4.51. The SMILES string of the molecule is CC(=O)Nc1cccc(N2CC(C(=O)Nc3cc(C)on3)CC2=O)c1. The molecule has 3 rings (SSSR count). The molecule has 1 fully saturated rings. The van der Waals surface area contributed by atoms with Crippen LogP contribution in [-0.2, 0) is 14.4 Å². The standard InChI is InChI=1S/C17H18N4O4/c1-10-6-15(20-25-10)19-17(24)12-7-16(23)21(9-12)14-5-3-4-13(8-14)18-11(2)22/h3-6,8,12H,7,9H2,1-2H3,(H,18,22)(H,19,20,24). The minimum Gasteiger partial charge on any atom is -0.360 e. The minimum atomic E-state index is -0.478. The summed E-state index contributed by atoms with van der Waals surface area (Å²) in [6, 6.07) is 8.58. The first-order valence-electron chi connectivity index (χ1n) is 7.84. The van der Waals surface area contributed by atoms with Gasteiger partial charge in [-0.25, -0.2) is 0 Å². The molecular weight excluding hydrogens is 324 g/mol. The van der Waals surface area contributed by atoms with Gasteiger partial charge in [-0.05, 0) is 25.1 Å². The average molecular weight is 342 g/mol. The summed E-state index contributed by atoms with van der Waals surface area (Å²) in [6.45, 7) is 3.41. The summed E-state index contributed by atoms with van der Waals surface area (Å²) in [5, 5.41) is 9.05. The molecule has 0 aliphatic carbocycles. The van der Waals surface area contributed by atoms with E-state index in [9.17, 15) is 14.4 Å². The third-order valence-corrected chi connectivity index (χ3v) is 3.85. The van der Waals surface area contributed by atoms with E-state index >= 15 is 0 Å². The third-order valence-electron chi connectivity index (χ3n) is 3.85. The minimum absolute atomic E-state index is 0.118. The number of aromatic nitrogens is 1. The zero-order valence-electron chi connectivity index (χ0n) is 13.9. The van der Waals surface area contributed by atoms with Gasteiger partial charge in [-0.2, -0.15) is 0 Å². The summed E-state index contributed by atoms with van der Waals surface area (Å²) in [5.74, 6) is -0.159. The molecule has 0 radical (unpaired) electrons. The summed E-state index contributed by atoms with van der Waals surface area (Å²) in [5.41, 5.74) is 1.24. The molecular formula is C17H18N4O4. The van der Waals surface area contributed by atoms with Crippen LogP contribution < -0.4 is 15.5 Å². The van der Waals surface area contributed by atoms with Gasteiger partial charge in [0.15, 0.2) is 5.82 Å². The highest BCUT2D eigenvalue weighted by Gasteiger charge is 2.35. The van der Waals surface area contributed by atoms with Crippen LogP contribution in [0, 0.1) is 12.8 Å². The lowest BCUT2D eigenvalue weighted by molar-refractivity contribution is -0.122. The molecule has 2 heterocycles. The molecule has 1 unspecified atom stereocenters. The molecule has 0 bridgehead atoms. The molecule has 25 heavy (non-hydrogen) atoms. The van der Waals surface area contributed by atoms with Gasteiger partial charge in [0.1, 0.15) is 5.76 Å². The van der Waals surface area contributed by atoms with Gasteiger partial charge in [0.25, 0.3) is 0 Å². The molecule has 1 aromatic heterocycles. The fraction of sp³-hybridized carbons (Fsp3) is 0.294. The maximum Gasteiger partial charge on any atom is 0.231 e. The van der Waals surface area contributed by atoms with E-state index in [1.807, 2.05) is 0 Å². The number of hydrogen-bond donors (Lipinski definition) is 2. The summed E-state index contributed by atoms with van der Waals surface area (Å²) >= 11 is 0. The van der Waals surface area contributed by atoms with Gasteiger partial charge in [0.2, 0.25) is 17.7 Å². The van der Waals surface area contributed by atoms with Gasteiger partial charge >= 0.3 is 0 Å². The molecule has 2 N–H and O–H groups in total. The number of anilines is 3. The Bertz CT molecular complexity index is 830. The van der Waals surface area contributed by atoms with Crippen LogP contribution in [0.5, 0.6) is 0 Å². The summed E-state index contributed by atoms with van der Waals surface area (Å²) in [4.78, 5) is 37.3. The number of carbonyl (C=O) groups excluding carboxylic acids is 3. The Morgan fingerprint density at radius 1 is 1.28 bits per heavy atom. The van der Waals surface area contributed by atoms with Crippen molar-refractivity contribution in [2.24, 2.45) is 5.92 Å². The van der Waals surface area contributed by atoms with Crippen molar-refractivity contribution in [2.75, 3.05) is 22.1 Å². The Labute approximate surface area is 144 Å². The van der Waals surface area contributed by atoms with E-state index in [1.165, 1.54) is 6.92 Å². The molecule has 0 spiro atoms. The van der Waals surface area contributed by atoms with Gasteiger partial charge in [-0.1, -0.05) is 11.2 Å². The van der Waals surface area contributed by atoms with E-state index in [4.69, 9.17) is 4.52 Å². The van der Waals surface area contributed by atoms with E-state index in [2.05, 4.69) is 15.8 Å². The quantitative estimate of drug-likeness (QED) is 0.883. The Morgan fingerprint density at radius 2 is 2.08 bits per heavy atom. The lowest BCUT2D eigenvalue weighted by Crippen LogP contribution is -2.28. The topological polar surface area (TPSA) is 105 Å². The van der Waals surface area contributed by atoms with Crippen LogP contribution in [-0.4, -0.2) is 29.4 Å². The van der Waals surface area contributed by atoms with Gasteiger partial charge in [0, 0.05) is 37.3 Å². The number of rotatable bonds is 4. The fourth-order valence-electron chi connectivity index (χ4n) is 2.74. The highest BCUT2D eigenvalue weighted by molar-refractivity contribution is 6.03. The van der Waals surface area contributed by atoms with Crippen molar-refractivity contribution in [1.29, 1.82) is 0 Å². The van der Waals surface area contributed by atoms with Crippen molar-refractivity contribution < 1.29 is 18.9 Å². The normalized spacial score (nSPS) is 16.8. The average Bonchev–Trinajstić information content (AvgIpc) is 3.13. The van der Waals surface area contributed by atoms with E-state index in [0.29, 0.717) is 23.0 Å². The fourth-order valence-corrected chi connectivity index (χ4v) is 2.74. The van der Waals surface area contributed by atoms with Crippen LogP contribution >= 0.6 is 0 Å². The Balaban J connectivity index is 1.69. The highest BCUT2D eigenvalue weighted by Crippen LogP contribution is 2.28. The Morgan fingerprint density at radius 3 is 2.76 bits per heavy atom. The number of nitrogens with zero attached hydrogens (tertiary/aromatic N) is 2. The molecule has 1 aliphatic heterocycles. The largest absolute Gasteiger partial charge is 0.360 e. The first-order valence-corrected chi connectivity index (χ1v) is 7.84. The van der Waals surface area contributed by atoms with Crippen LogP contribution in [0.3, 0.4) is 0 Å². The molecule has 1 saturated heterocycles. The van der Waals surface area contributed by atoms with E-state index in [1.54, 1.807) is 42.2 Å². The predicted octanol–water partition coefficient (Wildman–Crippen LogP) is 1.93. The molecule has 8 nitrogen and oxygen atoms in total. The van der Waals surface area contributed by atoms with Crippen molar-refractivity contribution in [3.63, 3.8) is 0 Å². The summed E-state index contributed by atoms with van der Waals surface area (Å²) in [7, 11) is 0. The highest BCUT2D eigenvalue weighted by atomic mass is 16.5. The number of benzene rings is 1. The monoisotopic (exact) mass is 342 g/mol. The second-order valence-corrected chi connectivity index (χ2v) is 5.95. The van der Waals surface area contributed by atoms with Gasteiger partial charge in [0.05, 0.1) is 5.92 Å². The second-order valence-electron chi connectivity index (χ2n) is 5.95. The first kappa shape index (κ1) is 16.7. The number of nitrogens with one attached hydrogen (secondary N) is 2. The number of aryl methyl sites for hydroxylation is 1. The first-order chi connectivity index (χ1) is 11.9. The molecule has 0 saturated carbocycles. The summed E-state index contributed by atoms with van der Waals surface area (Å²) in [6.07, 6.45) is 0.118. The number of carbonyl (C=O) groups is 3. The van der Waals surface area contributed by atoms with Gasteiger partial charge in [-0.3, -0.25) is 14.4 Å². The predicted molar refractivity (Wildman–Crippen MR) is 91.1 cm³/mol. The smallest absolute Gasteiger partial charge is 0.231 e. The zero-order valence-corrected chi connectivity index (χ0v) is 13.9. The van der Waals surface area contributed by atoms with Crippen LogP contribution in [0.25, 0.3) is 0 Å². The van der Waals surface area contributed by atoms with E-state index in [0.717, 1.165) is 0 Å². The Hall–Kier alpha value is -3.16. The van der Waals surface area contributed by atoms with Crippen LogP contribution in [0.2, 0.25) is 0 Å². The van der Waals surface area contributed by atoms with Crippen molar-refractivity contribution in [3.05, 3.63) is 36.1 Å². The number of hydrogen-bond acceptors (Lipinski definition) is 5. The maximum atomic E-state index is 12.3. The molecule has 130 valence electrons. The molecule has 1 aliphatic rings. The van der Waals surface area contributed by atoms with Crippen LogP contribution in [0.4, 0.5) is 17.2 Å². The van der Waals surface area contributed by atoms with Crippen molar-refractivity contribution >= 4 is 34.9 Å². The molecule has 2 aromatic rings. The summed E-state index contributed by atoms with van der Waals surface area (Å²) < 4.78 is 4.91. The van der Waals surface area contributed by atoms with Gasteiger partial charge in [-0.15, -0.1) is 0 Å². The molecule has 1 aromatic carbocycles. The lowest BCUT2D eigenvalue weighted by atomic mass is 10.1. The van der Waals surface area contributed by atoms with Gasteiger partial charge < -0.3 is 20.1 Å². The molecule has 3 amide bonds. The van der Waals surface area contributed by atoms with Crippen molar-refractivity contribution in [1.82, 2.24) is 5.16 Å². The third kappa shape index (κ3) is 3.85. The van der Waals surface area contributed by atoms with Crippen LogP contribution in [0.1, 0.15) is 19.1 Å².